The summed E-state index contributed by atoms with van der Waals surface area (Å²) in [5, 5.41) is 8.08. The Labute approximate surface area is 148 Å². The molecule has 1 unspecified atom stereocenters. The molecule has 1 atom stereocenters. The molecule has 1 aliphatic heterocycles. The monoisotopic (exact) mass is 396 g/mol. The first kappa shape index (κ1) is 17.1. The van der Waals surface area contributed by atoms with Crippen LogP contribution in [0.25, 0.3) is 0 Å². The molecule has 1 fully saturated rings. The molecule has 9 heteroatoms. The predicted molar refractivity (Wildman–Crippen MR) is 93.1 cm³/mol. The summed E-state index contributed by atoms with van der Waals surface area (Å²) in [6, 6.07) is 0.0881. The molecule has 0 radical (unpaired) electrons. The van der Waals surface area contributed by atoms with Gasteiger partial charge in [0.2, 0.25) is 5.89 Å². The van der Waals surface area contributed by atoms with Crippen molar-refractivity contribution in [2.45, 2.75) is 26.3 Å². The van der Waals surface area contributed by atoms with Gasteiger partial charge in [-0.25, -0.2) is 4.68 Å². The number of aryl methyl sites for hydroxylation is 2. The van der Waals surface area contributed by atoms with Gasteiger partial charge in [0.05, 0.1) is 17.9 Å². The number of halogens is 1. The van der Waals surface area contributed by atoms with Crippen LogP contribution in [0.4, 0.5) is 5.69 Å². The fourth-order valence-corrected chi connectivity index (χ4v) is 3.42. The van der Waals surface area contributed by atoms with Crippen molar-refractivity contribution >= 4 is 21.6 Å². The Morgan fingerprint density at radius 1 is 1.33 bits per heavy atom. The second-order valence-corrected chi connectivity index (χ2v) is 6.67. The van der Waals surface area contributed by atoms with Crippen molar-refractivity contribution in [3.8, 4) is 0 Å². The van der Waals surface area contributed by atoms with E-state index in [1.165, 1.54) is 4.68 Å². The van der Waals surface area contributed by atoms with Gasteiger partial charge in [0.1, 0.15) is 4.47 Å². The molecule has 8 nitrogen and oxygen atoms in total. The Hall–Kier alpha value is -1.74. The highest BCUT2D eigenvalue weighted by atomic mass is 79.9. The summed E-state index contributed by atoms with van der Waals surface area (Å²) in [4.78, 5) is 20.9. The maximum Gasteiger partial charge on any atom is 0.282 e. The van der Waals surface area contributed by atoms with E-state index < -0.39 is 0 Å². The van der Waals surface area contributed by atoms with Crippen LogP contribution in [-0.2, 0) is 13.5 Å². The van der Waals surface area contributed by atoms with Gasteiger partial charge in [-0.15, -0.1) is 0 Å². The van der Waals surface area contributed by atoms with Crippen LogP contribution in [0, 0.1) is 0 Å². The molecule has 0 spiro atoms. The van der Waals surface area contributed by atoms with Crippen LogP contribution in [0.5, 0.6) is 0 Å². The molecular formula is C15H21BrN6O2. The molecular weight excluding hydrogens is 376 g/mol. The number of nitrogens with zero attached hydrogens (tertiary/aromatic N) is 6. The van der Waals surface area contributed by atoms with E-state index in [1.54, 1.807) is 13.2 Å². The molecule has 0 aliphatic carbocycles. The van der Waals surface area contributed by atoms with Crippen molar-refractivity contribution in [1.29, 1.82) is 0 Å². The van der Waals surface area contributed by atoms with E-state index in [0.29, 0.717) is 10.4 Å². The topological polar surface area (TPSA) is 80.3 Å². The van der Waals surface area contributed by atoms with Gasteiger partial charge in [0.15, 0.2) is 5.82 Å². The van der Waals surface area contributed by atoms with Crippen LogP contribution < -0.4 is 10.5 Å². The number of aromatic nitrogens is 4. The molecule has 1 aliphatic rings. The molecule has 3 heterocycles. The van der Waals surface area contributed by atoms with Crippen LogP contribution >= 0.6 is 15.9 Å². The van der Waals surface area contributed by atoms with E-state index in [0.717, 1.165) is 44.1 Å². The average Bonchev–Trinajstić information content (AvgIpc) is 3.09. The lowest BCUT2D eigenvalue weighted by Crippen LogP contribution is -2.47. The Balaban J connectivity index is 1.67. The van der Waals surface area contributed by atoms with Crippen LogP contribution in [0.3, 0.4) is 0 Å². The molecule has 0 amide bonds. The Kier molecular flexibility index (Phi) is 5.00. The molecule has 0 bridgehead atoms. The van der Waals surface area contributed by atoms with Crippen LogP contribution in [0.2, 0.25) is 0 Å². The minimum absolute atomic E-state index is 0.0881. The van der Waals surface area contributed by atoms with Gasteiger partial charge in [-0.3, -0.25) is 9.69 Å². The maximum absolute atomic E-state index is 12.0. The summed E-state index contributed by atoms with van der Waals surface area (Å²) in [7, 11) is 1.64. The van der Waals surface area contributed by atoms with Crippen molar-refractivity contribution in [2.75, 3.05) is 31.1 Å². The average molecular weight is 397 g/mol. The summed E-state index contributed by atoms with van der Waals surface area (Å²) in [5.74, 6) is 1.40. The zero-order valence-corrected chi connectivity index (χ0v) is 15.7. The highest BCUT2D eigenvalue weighted by molar-refractivity contribution is 9.10. The quantitative estimate of drug-likeness (QED) is 0.771. The molecule has 0 N–H and O–H groups in total. The normalized spacial score (nSPS) is 17.2. The minimum atomic E-state index is -0.124. The SMILES string of the molecule is CCc1noc(C(C)N2CCN(c3cnn(C)c(=O)c3Br)CC2)n1. The van der Waals surface area contributed by atoms with Crippen LogP contribution in [0.15, 0.2) is 20.0 Å². The van der Waals surface area contributed by atoms with E-state index in [4.69, 9.17) is 4.52 Å². The maximum atomic E-state index is 12.0. The van der Waals surface area contributed by atoms with Gasteiger partial charge >= 0.3 is 0 Å². The first-order valence-corrected chi connectivity index (χ1v) is 8.83. The summed E-state index contributed by atoms with van der Waals surface area (Å²) in [5.41, 5.74) is 0.720. The lowest BCUT2D eigenvalue weighted by atomic mass is 10.2. The summed E-state index contributed by atoms with van der Waals surface area (Å²) in [6.07, 6.45) is 2.50. The summed E-state index contributed by atoms with van der Waals surface area (Å²) >= 11 is 3.40. The molecule has 2 aromatic rings. The van der Waals surface area contributed by atoms with Crippen molar-refractivity contribution < 1.29 is 4.52 Å². The van der Waals surface area contributed by atoms with Gasteiger partial charge in [0.25, 0.3) is 5.56 Å². The van der Waals surface area contributed by atoms with E-state index in [2.05, 4.69) is 47.9 Å². The van der Waals surface area contributed by atoms with Gasteiger partial charge in [-0.05, 0) is 22.9 Å². The lowest BCUT2D eigenvalue weighted by Gasteiger charge is -2.38. The number of piperazine rings is 1. The molecule has 3 rings (SSSR count). The summed E-state index contributed by atoms with van der Waals surface area (Å²) in [6.45, 7) is 7.42. The van der Waals surface area contributed by atoms with Crippen LogP contribution in [0.1, 0.15) is 31.6 Å². The number of hydrogen-bond acceptors (Lipinski definition) is 7. The van der Waals surface area contributed by atoms with E-state index in [-0.39, 0.29) is 11.6 Å². The van der Waals surface area contributed by atoms with Crippen molar-refractivity contribution in [1.82, 2.24) is 24.8 Å². The largest absolute Gasteiger partial charge is 0.367 e. The molecule has 2 aromatic heterocycles. The molecule has 130 valence electrons. The third kappa shape index (κ3) is 3.23. The predicted octanol–water partition coefficient (Wildman–Crippen LogP) is 1.37. The Morgan fingerprint density at radius 2 is 2.04 bits per heavy atom. The van der Waals surface area contributed by atoms with E-state index in [9.17, 15) is 4.79 Å². The van der Waals surface area contributed by atoms with Gasteiger partial charge in [-0.2, -0.15) is 10.1 Å². The zero-order chi connectivity index (χ0) is 17.3. The first-order chi connectivity index (χ1) is 11.5. The summed E-state index contributed by atoms with van der Waals surface area (Å²) < 4.78 is 7.24. The third-order valence-electron chi connectivity index (χ3n) is 4.42. The smallest absolute Gasteiger partial charge is 0.282 e. The highest BCUT2D eigenvalue weighted by Crippen LogP contribution is 2.25. The van der Waals surface area contributed by atoms with Crippen LogP contribution in [-0.4, -0.2) is 51.0 Å². The van der Waals surface area contributed by atoms with Gasteiger partial charge in [-0.1, -0.05) is 12.1 Å². The zero-order valence-electron chi connectivity index (χ0n) is 14.1. The number of rotatable bonds is 4. The Bertz CT molecular complexity index is 766. The van der Waals surface area contributed by atoms with Crippen molar-refractivity contribution in [3.63, 3.8) is 0 Å². The second kappa shape index (κ2) is 7.02. The van der Waals surface area contributed by atoms with Crippen molar-refractivity contribution in [2.24, 2.45) is 7.05 Å². The molecule has 0 saturated carbocycles. The fourth-order valence-electron chi connectivity index (χ4n) is 2.81. The minimum Gasteiger partial charge on any atom is -0.367 e. The third-order valence-corrected chi connectivity index (χ3v) is 5.17. The lowest BCUT2D eigenvalue weighted by molar-refractivity contribution is 0.164. The Morgan fingerprint density at radius 3 is 2.67 bits per heavy atom. The highest BCUT2D eigenvalue weighted by Gasteiger charge is 2.27. The fraction of sp³-hybridized carbons (Fsp3) is 0.600. The molecule has 0 aromatic carbocycles. The van der Waals surface area contributed by atoms with Gasteiger partial charge < -0.3 is 9.42 Å². The molecule has 1 saturated heterocycles. The standard InChI is InChI=1S/C15H21BrN6O2/c1-4-12-18-14(24-19-12)10(2)21-5-7-22(8-6-21)11-9-17-20(3)15(23)13(11)16/h9-10H,4-8H2,1-3H3. The van der Waals surface area contributed by atoms with Gasteiger partial charge in [0, 0.05) is 39.6 Å². The number of anilines is 1. The van der Waals surface area contributed by atoms with E-state index >= 15 is 0 Å². The van der Waals surface area contributed by atoms with Crippen molar-refractivity contribution in [3.05, 3.63) is 32.7 Å². The molecule has 24 heavy (non-hydrogen) atoms. The van der Waals surface area contributed by atoms with E-state index in [1.807, 2.05) is 6.92 Å². The second-order valence-electron chi connectivity index (χ2n) is 5.87. The number of hydrogen-bond donors (Lipinski definition) is 0. The first-order valence-electron chi connectivity index (χ1n) is 8.04.